The van der Waals surface area contributed by atoms with Crippen molar-refractivity contribution in [3.63, 3.8) is 0 Å². The number of amides is 1. The van der Waals surface area contributed by atoms with E-state index >= 15 is 0 Å². The number of nitrogens with one attached hydrogen (secondary N) is 1. The van der Waals surface area contributed by atoms with E-state index in [4.69, 9.17) is 0 Å². The molecule has 5 nitrogen and oxygen atoms in total. The minimum absolute atomic E-state index is 0.0816. The van der Waals surface area contributed by atoms with Gasteiger partial charge in [0.15, 0.2) is 11.6 Å². The van der Waals surface area contributed by atoms with Crippen LogP contribution in [0, 0.1) is 17.6 Å². The Kier molecular flexibility index (Phi) is 4.62. The summed E-state index contributed by atoms with van der Waals surface area (Å²) in [6.45, 7) is 4.35. The van der Waals surface area contributed by atoms with Crippen molar-refractivity contribution in [1.29, 1.82) is 0 Å². The average Bonchev–Trinajstić information content (AvgIpc) is 2.93. The molecule has 0 fully saturated rings. The number of nitrogens with zero attached hydrogens (tertiary/aromatic N) is 3. The largest absolute Gasteiger partial charge is 0.347 e. The normalized spacial score (nSPS) is 12.4. The first-order valence-electron chi connectivity index (χ1n) is 6.55. The Labute approximate surface area is 121 Å². The third-order valence-corrected chi connectivity index (χ3v) is 3.15. The fourth-order valence-corrected chi connectivity index (χ4v) is 1.84. The highest BCUT2D eigenvalue weighted by molar-refractivity contribution is 5.94. The van der Waals surface area contributed by atoms with E-state index in [2.05, 4.69) is 15.4 Å². The van der Waals surface area contributed by atoms with E-state index in [1.807, 2.05) is 13.8 Å². The third-order valence-electron chi connectivity index (χ3n) is 3.15. The zero-order chi connectivity index (χ0) is 15.4. The maximum Gasteiger partial charge on any atom is 0.251 e. The summed E-state index contributed by atoms with van der Waals surface area (Å²) in [6.07, 6.45) is 2.97. The van der Waals surface area contributed by atoms with Crippen LogP contribution in [0.5, 0.6) is 0 Å². The van der Waals surface area contributed by atoms with E-state index in [9.17, 15) is 13.6 Å². The van der Waals surface area contributed by atoms with Crippen molar-refractivity contribution < 1.29 is 13.6 Å². The topological polar surface area (TPSA) is 59.8 Å². The monoisotopic (exact) mass is 294 g/mol. The van der Waals surface area contributed by atoms with Crippen molar-refractivity contribution in [2.45, 2.75) is 26.4 Å². The summed E-state index contributed by atoms with van der Waals surface area (Å²) >= 11 is 0. The molecule has 1 amide bonds. The first kappa shape index (κ1) is 15.1. The molecule has 0 aliphatic carbocycles. The molecule has 1 aromatic carbocycles. The van der Waals surface area contributed by atoms with Gasteiger partial charge in [-0.25, -0.2) is 13.8 Å². The second-order valence-electron chi connectivity index (χ2n) is 5.07. The molecule has 2 aromatic rings. The highest BCUT2D eigenvalue weighted by atomic mass is 19.2. The molecule has 7 heteroatoms. The molecule has 0 saturated carbocycles. The standard InChI is InChI=1S/C14H16F2N4O/c1-9(2)13(6-20-8-17-7-18-20)19-14(21)10-3-4-11(15)12(16)5-10/h3-5,7-9,13H,6H2,1-2H3,(H,19,21). The predicted octanol–water partition coefficient (Wildman–Crippen LogP) is 2.01. The van der Waals surface area contributed by atoms with Crippen molar-refractivity contribution in [1.82, 2.24) is 20.1 Å². The number of carbonyl (C=O) groups excluding carboxylic acids is 1. The van der Waals surface area contributed by atoms with Gasteiger partial charge in [0.2, 0.25) is 0 Å². The van der Waals surface area contributed by atoms with Crippen LogP contribution in [-0.4, -0.2) is 26.7 Å². The molecule has 2 rings (SSSR count). The summed E-state index contributed by atoms with van der Waals surface area (Å²) < 4.78 is 27.7. The molecule has 0 aliphatic rings. The molecular weight excluding hydrogens is 278 g/mol. The number of rotatable bonds is 5. The Morgan fingerprint density at radius 1 is 1.33 bits per heavy atom. The van der Waals surface area contributed by atoms with Gasteiger partial charge in [-0.2, -0.15) is 5.10 Å². The molecule has 1 unspecified atom stereocenters. The van der Waals surface area contributed by atoms with Crippen LogP contribution in [-0.2, 0) is 6.54 Å². The second-order valence-corrected chi connectivity index (χ2v) is 5.07. The van der Waals surface area contributed by atoms with Gasteiger partial charge in [0, 0.05) is 5.56 Å². The van der Waals surface area contributed by atoms with E-state index in [1.165, 1.54) is 12.4 Å². The highest BCUT2D eigenvalue weighted by Crippen LogP contribution is 2.10. The van der Waals surface area contributed by atoms with Gasteiger partial charge in [0.25, 0.3) is 5.91 Å². The van der Waals surface area contributed by atoms with Gasteiger partial charge in [-0.1, -0.05) is 13.8 Å². The fourth-order valence-electron chi connectivity index (χ4n) is 1.84. The lowest BCUT2D eigenvalue weighted by molar-refractivity contribution is 0.0918. The Hall–Kier alpha value is -2.31. The Balaban J connectivity index is 2.09. The van der Waals surface area contributed by atoms with Crippen LogP contribution >= 0.6 is 0 Å². The van der Waals surface area contributed by atoms with Gasteiger partial charge in [0.05, 0.1) is 12.6 Å². The molecule has 0 aliphatic heterocycles. The molecule has 0 radical (unpaired) electrons. The van der Waals surface area contributed by atoms with E-state index in [0.717, 1.165) is 12.1 Å². The first-order chi connectivity index (χ1) is 9.97. The zero-order valence-electron chi connectivity index (χ0n) is 11.8. The number of benzene rings is 1. The van der Waals surface area contributed by atoms with Gasteiger partial charge < -0.3 is 5.32 Å². The fraction of sp³-hybridized carbons (Fsp3) is 0.357. The molecule has 1 heterocycles. The SMILES string of the molecule is CC(C)C(Cn1cncn1)NC(=O)c1ccc(F)c(F)c1. The Morgan fingerprint density at radius 2 is 2.10 bits per heavy atom. The van der Waals surface area contributed by atoms with E-state index in [-0.39, 0.29) is 17.5 Å². The Morgan fingerprint density at radius 3 is 2.67 bits per heavy atom. The molecule has 1 aromatic heterocycles. The third kappa shape index (κ3) is 3.84. The maximum atomic E-state index is 13.2. The summed E-state index contributed by atoms with van der Waals surface area (Å²) in [4.78, 5) is 15.9. The van der Waals surface area contributed by atoms with Crippen LogP contribution in [0.2, 0.25) is 0 Å². The maximum absolute atomic E-state index is 13.2. The van der Waals surface area contributed by atoms with Crippen LogP contribution in [0.4, 0.5) is 8.78 Å². The van der Waals surface area contributed by atoms with Gasteiger partial charge in [0.1, 0.15) is 12.7 Å². The molecule has 1 N–H and O–H groups in total. The van der Waals surface area contributed by atoms with Crippen molar-refractivity contribution in [2.75, 3.05) is 0 Å². The molecule has 0 spiro atoms. The second kappa shape index (κ2) is 6.43. The van der Waals surface area contributed by atoms with E-state index < -0.39 is 17.5 Å². The number of aromatic nitrogens is 3. The van der Waals surface area contributed by atoms with Gasteiger partial charge in [-0.15, -0.1) is 0 Å². The van der Waals surface area contributed by atoms with Crippen molar-refractivity contribution in [3.05, 3.63) is 48.1 Å². The number of carbonyl (C=O) groups is 1. The predicted molar refractivity (Wildman–Crippen MR) is 72.5 cm³/mol. The van der Waals surface area contributed by atoms with Crippen LogP contribution in [0.15, 0.2) is 30.9 Å². The van der Waals surface area contributed by atoms with Crippen LogP contribution in [0.3, 0.4) is 0 Å². The lowest BCUT2D eigenvalue weighted by Gasteiger charge is -2.22. The molecule has 21 heavy (non-hydrogen) atoms. The number of hydrogen-bond acceptors (Lipinski definition) is 3. The van der Waals surface area contributed by atoms with Crippen molar-refractivity contribution >= 4 is 5.91 Å². The van der Waals surface area contributed by atoms with Gasteiger partial charge in [-0.3, -0.25) is 9.48 Å². The number of hydrogen-bond donors (Lipinski definition) is 1. The summed E-state index contributed by atoms with van der Waals surface area (Å²) in [5.41, 5.74) is 0.0816. The summed E-state index contributed by atoms with van der Waals surface area (Å²) in [7, 11) is 0. The molecule has 0 bridgehead atoms. The molecule has 1 atom stereocenters. The number of halogens is 2. The Bertz CT molecular complexity index is 613. The average molecular weight is 294 g/mol. The van der Waals surface area contributed by atoms with Crippen LogP contribution in [0.1, 0.15) is 24.2 Å². The summed E-state index contributed by atoms with van der Waals surface area (Å²) in [5, 5.41) is 6.79. The van der Waals surface area contributed by atoms with E-state index in [1.54, 1.807) is 11.0 Å². The lowest BCUT2D eigenvalue weighted by Crippen LogP contribution is -2.41. The van der Waals surface area contributed by atoms with Crippen LogP contribution < -0.4 is 5.32 Å². The van der Waals surface area contributed by atoms with Crippen molar-refractivity contribution in [2.24, 2.45) is 5.92 Å². The zero-order valence-corrected chi connectivity index (χ0v) is 11.8. The molecule has 112 valence electrons. The van der Waals surface area contributed by atoms with Crippen molar-refractivity contribution in [3.8, 4) is 0 Å². The van der Waals surface area contributed by atoms with E-state index in [0.29, 0.717) is 6.54 Å². The minimum atomic E-state index is -1.04. The first-order valence-corrected chi connectivity index (χ1v) is 6.55. The summed E-state index contributed by atoms with van der Waals surface area (Å²) in [5.74, 6) is -2.33. The molecule has 0 saturated heterocycles. The molecular formula is C14H16F2N4O. The minimum Gasteiger partial charge on any atom is -0.347 e. The smallest absolute Gasteiger partial charge is 0.251 e. The summed E-state index contributed by atoms with van der Waals surface area (Å²) in [6, 6.07) is 2.87. The lowest BCUT2D eigenvalue weighted by atomic mass is 10.0. The van der Waals surface area contributed by atoms with Crippen LogP contribution in [0.25, 0.3) is 0 Å². The highest BCUT2D eigenvalue weighted by Gasteiger charge is 2.19. The van der Waals surface area contributed by atoms with Gasteiger partial charge >= 0.3 is 0 Å². The van der Waals surface area contributed by atoms with Gasteiger partial charge in [-0.05, 0) is 24.1 Å². The quantitative estimate of drug-likeness (QED) is 0.917.